The van der Waals surface area contributed by atoms with Crippen LogP contribution >= 0.6 is 0 Å². The van der Waals surface area contributed by atoms with Gasteiger partial charge in [0, 0.05) is 0 Å². The van der Waals surface area contributed by atoms with Crippen molar-refractivity contribution in [2.24, 2.45) is 5.41 Å². The molecular formula is C16H22O5. The zero-order chi connectivity index (χ0) is 15.9. The van der Waals surface area contributed by atoms with E-state index < -0.39 is 23.5 Å². The van der Waals surface area contributed by atoms with Crippen LogP contribution in [0.4, 0.5) is 0 Å². The summed E-state index contributed by atoms with van der Waals surface area (Å²) >= 11 is 0. The third kappa shape index (κ3) is 4.29. The first-order valence-electron chi connectivity index (χ1n) is 7.01. The van der Waals surface area contributed by atoms with Crippen LogP contribution in [0.2, 0.25) is 0 Å². The molecule has 1 aromatic rings. The van der Waals surface area contributed by atoms with Gasteiger partial charge in [0.15, 0.2) is 6.10 Å². The molecule has 21 heavy (non-hydrogen) atoms. The molecule has 0 saturated carbocycles. The minimum Gasteiger partial charge on any atom is -0.465 e. The summed E-state index contributed by atoms with van der Waals surface area (Å²) in [6.07, 6.45) is -1.39. The van der Waals surface area contributed by atoms with Crippen LogP contribution in [0.25, 0.3) is 0 Å². The molecule has 116 valence electrons. The van der Waals surface area contributed by atoms with Crippen LogP contribution in [-0.4, -0.2) is 36.4 Å². The lowest BCUT2D eigenvalue weighted by Crippen LogP contribution is -2.48. The average molecular weight is 294 g/mol. The van der Waals surface area contributed by atoms with Gasteiger partial charge in [0.2, 0.25) is 0 Å². The zero-order valence-corrected chi connectivity index (χ0v) is 12.7. The largest absolute Gasteiger partial charge is 0.465 e. The van der Waals surface area contributed by atoms with E-state index in [1.807, 2.05) is 30.3 Å². The summed E-state index contributed by atoms with van der Waals surface area (Å²) in [6.45, 7) is 5.15. The standard InChI is InChI=1S/C16H22O5/c1-4-20-14(18)13(17)16(3,15(19)21-5-2)11-12-9-7-6-8-10-12/h6-10,13,17H,4-5,11H2,1-3H3. The molecule has 5 heteroatoms. The summed E-state index contributed by atoms with van der Waals surface area (Å²) in [5.41, 5.74) is -0.555. The fourth-order valence-electron chi connectivity index (χ4n) is 2.08. The van der Waals surface area contributed by atoms with Gasteiger partial charge in [-0.1, -0.05) is 30.3 Å². The van der Waals surface area contributed by atoms with E-state index in [0.717, 1.165) is 5.56 Å². The van der Waals surface area contributed by atoms with Gasteiger partial charge in [0.1, 0.15) is 5.41 Å². The van der Waals surface area contributed by atoms with Gasteiger partial charge in [-0.15, -0.1) is 0 Å². The van der Waals surface area contributed by atoms with Crippen LogP contribution in [0.3, 0.4) is 0 Å². The first-order valence-corrected chi connectivity index (χ1v) is 7.01. The van der Waals surface area contributed by atoms with E-state index in [-0.39, 0.29) is 19.6 Å². The monoisotopic (exact) mass is 294 g/mol. The molecule has 0 aromatic heterocycles. The van der Waals surface area contributed by atoms with Gasteiger partial charge in [-0.3, -0.25) is 4.79 Å². The Bertz CT molecular complexity index is 471. The lowest BCUT2D eigenvalue weighted by Gasteiger charge is -2.30. The molecule has 0 aliphatic rings. The Hall–Kier alpha value is -1.88. The van der Waals surface area contributed by atoms with Gasteiger partial charge >= 0.3 is 11.9 Å². The number of carbonyl (C=O) groups is 2. The molecular weight excluding hydrogens is 272 g/mol. The fraction of sp³-hybridized carbons (Fsp3) is 0.500. The average Bonchev–Trinajstić information content (AvgIpc) is 2.47. The van der Waals surface area contributed by atoms with Crippen molar-refractivity contribution in [3.8, 4) is 0 Å². The molecule has 0 aliphatic carbocycles. The predicted octanol–water partition coefficient (Wildman–Crippen LogP) is 1.72. The second-order valence-electron chi connectivity index (χ2n) is 4.95. The molecule has 0 fully saturated rings. The highest BCUT2D eigenvalue weighted by Crippen LogP contribution is 2.29. The second-order valence-corrected chi connectivity index (χ2v) is 4.95. The van der Waals surface area contributed by atoms with E-state index in [9.17, 15) is 14.7 Å². The molecule has 0 aliphatic heterocycles. The van der Waals surface area contributed by atoms with Crippen molar-refractivity contribution in [3.05, 3.63) is 35.9 Å². The fourth-order valence-corrected chi connectivity index (χ4v) is 2.08. The molecule has 1 rings (SSSR count). The van der Waals surface area contributed by atoms with Crippen molar-refractivity contribution in [2.75, 3.05) is 13.2 Å². The van der Waals surface area contributed by atoms with Crippen LogP contribution in [0.15, 0.2) is 30.3 Å². The van der Waals surface area contributed by atoms with Crippen LogP contribution in [-0.2, 0) is 25.5 Å². The number of hydrogen-bond donors (Lipinski definition) is 1. The van der Waals surface area contributed by atoms with E-state index in [1.54, 1.807) is 13.8 Å². The predicted molar refractivity (Wildman–Crippen MR) is 77.5 cm³/mol. The van der Waals surface area contributed by atoms with Crippen molar-refractivity contribution < 1.29 is 24.2 Å². The lowest BCUT2D eigenvalue weighted by atomic mass is 9.78. The Morgan fingerprint density at radius 3 is 2.24 bits per heavy atom. The number of esters is 2. The van der Waals surface area contributed by atoms with E-state index in [4.69, 9.17) is 9.47 Å². The van der Waals surface area contributed by atoms with Crippen LogP contribution in [0.1, 0.15) is 26.3 Å². The molecule has 2 atom stereocenters. The number of rotatable bonds is 7. The van der Waals surface area contributed by atoms with Crippen LogP contribution < -0.4 is 0 Å². The zero-order valence-electron chi connectivity index (χ0n) is 12.7. The molecule has 2 unspecified atom stereocenters. The van der Waals surface area contributed by atoms with Gasteiger partial charge in [-0.2, -0.15) is 0 Å². The molecule has 0 heterocycles. The summed E-state index contributed by atoms with van der Waals surface area (Å²) in [6, 6.07) is 9.17. The summed E-state index contributed by atoms with van der Waals surface area (Å²) < 4.78 is 9.84. The summed E-state index contributed by atoms with van der Waals surface area (Å²) in [7, 11) is 0. The molecule has 1 aromatic carbocycles. The third-order valence-electron chi connectivity index (χ3n) is 3.27. The third-order valence-corrected chi connectivity index (χ3v) is 3.27. The van der Waals surface area contributed by atoms with Crippen molar-refractivity contribution in [1.29, 1.82) is 0 Å². The van der Waals surface area contributed by atoms with E-state index in [2.05, 4.69) is 0 Å². The summed E-state index contributed by atoms with van der Waals surface area (Å²) in [5, 5.41) is 10.3. The normalized spacial score (nSPS) is 14.9. The van der Waals surface area contributed by atoms with E-state index in [0.29, 0.717) is 0 Å². The van der Waals surface area contributed by atoms with Crippen molar-refractivity contribution >= 4 is 11.9 Å². The molecule has 0 spiro atoms. The summed E-state index contributed by atoms with van der Waals surface area (Å²) in [5.74, 6) is -1.43. The van der Waals surface area contributed by atoms with Gasteiger partial charge < -0.3 is 14.6 Å². The minimum atomic E-state index is -1.57. The highest BCUT2D eigenvalue weighted by Gasteiger charge is 2.46. The Labute approximate surface area is 124 Å². The number of carbonyl (C=O) groups excluding carboxylic acids is 2. The maximum absolute atomic E-state index is 12.2. The van der Waals surface area contributed by atoms with Crippen molar-refractivity contribution in [2.45, 2.75) is 33.3 Å². The van der Waals surface area contributed by atoms with Crippen LogP contribution in [0, 0.1) is 5.41 Å². The molecule has 0 saturated heterocycles. The molecule has 0 amide bonds. The quantitative estimate of drug-likeness (QED) is 0.775. The van der Waals surface area contributed by atoms with Crippen molar-refractivity contribution in [1.82, 2.24) is 0 Å². The topological polar surface area (TPSA) is 72.8 Å². The van der Waals surface area contributed by atoms with Gasteiger partial charge in [-0.05, 0) is 32.8 Å². The highest BCUT2D eigenvalue weighted by atomic mass is 16.6. The highest BCUT2D eigenvalue weighted by molar-refractivity contribution is 5.87. The van der Waals surface area contributed by atoms with Gasteiger partial charge in [0.25, 0.3) is 0 Å². The SMILES string of the molecule is CCOC(=O)C(O)C(C)(Cc1ccccc1)C(=O)OCC. The maximum Gasteiger partial charge on any atom is 0.336 e. The minimum absolute atomic E-state index is 0.139. The Balaban J connectivity index is 3.04. The van der Waals surface area contributed by atoms with Gasteiger partial charge in [0.05, 0.1) is 13.2 Å². The van der Waals surface area contributed by atoms with E-state index in [1.165, 1.54) is 6.92 Å². The molecule has 0 bridgehead atoms. The molecule has 5 nitrogen and oxygen atoms in total. The number of benzene rings is 1. The Morgan fingerprint density at radius 2 is 1.71 bits per heavy atom. The number of hydrogen-bond acceptors (Lipinski definition) is 5. The smallest absolute Gasteiger partial charge is 0.336 e. The first kappa shape index (κ1) is 17.2. The maximum atomic E-state index is 12.2. The lowest BCUT2D eigenvalue weighted by molar-refractivity contribution is -0.175. The Morgan fingerprint density at radius 1 is 1.14 bits per heavy atom. The number of aliphatic hydroxyl groups is 1. The van der Waals surface area contributed by atoms with Crippen LogP contribution in [0.5, 0.6) is 0 Å². The van der Waals surface area contributed by atoms with E-state index >= 15 is 0 Å². The van der Waals surface area contributed by atoms with Gasteiger partial charge in [-0.25, -0.2) is 4.79 Å². The molecule has 0 radical (unpaired) electrons. The molecule has 1 N–H and O–H groups in total. The Kier molecular flexibility index (Phi) is 6.37. The number of ether oxygens (including phenoxy) is 2. The first-order chi connectivity index (χ1) is 9.95. The number of aliphatic hydroxyl groups excluding tert-OH is 1. The summed E-state index contributed by atoms with van der Waals surface area (Å²) in [4.78, 5) is 24.0. The second kappa shape index (κ2) is 7.78. The van der Waals surface area contributed by atoms with Crippen molar-refractivity contribution in [3.63, 3.8) is 0 Å².